The second-order valence-corrected chi connectivity index (χ2v) is 9.42. The number of nitrogens with zero attached hydrogens (tertiary/aromatic N) is 5. The number of nitrogens with one attached hydrogen (secondary N) is 1. The number of unbranched alkanes of at least 4 members (excludes halogenated alkanes) is 4. The van der Waals surface area contributed by atoms with Gasteiger partial charge in [-0.3, -0.25) is 4.98 Å². The molecule has 3 aromatic rings. The lowest BCUT2D eigenvalue weighted by atomic mass is 9.94. The lowest BCUT2D eigenvalue weighted by Crippen LogP contribution is -2.35. The van der Waals surface area contributed by atoms with Gasteiger partial charge in [-0.05, 0) is 59.9 Å². The average molecular weight is 485 g/mol. The molecule has 7 heteroatoms. The Morgan fingerprint density at radius 1 is 1.19 bits per heavy atom. The number of halogens is 1. The Morgan fingerprint density at radius 2 is 2.10 bits per heavy atom. The molecule has 0 aliphatic carbocycles. The van der Waals surface area contributed by atoms with Crippen molar-refractivity contribution in [3.63, 3.8) is 0 Å². The number of anilines is 1. The Labute approximate surface area is 193 Å². The summed E-state index contributed by atoms with van der Waals surface area (Å²) in [6.45, 7) is 6.51. The highest BCUT2D eigenvalue weighted by Gasteiger charge is 2.24. The number of rotatable bonds is 10. The smallest absolute Gasteiger partial charge is 0.171 e. The van der Waals surface area contributed by atoms with Crippen LogP contribution in [-0.2, 0) is 6.54 Å². The molecule has 4 rings (SSSR count). The third kappa shape index (κ3) is 5.83. The predicted octanol–water partition coefficient (Wildman–Crippen LogP) is 5.65. The first-order valence-corrected chi connectivity index (χ1v) is 12.4. The van der Waals surface area contributed by atoms with Crippen molar-refractivity contribution in [2.75, 3.05) is 25.0 Å². The Bertz CT molecular complexity index is 957. The topological polar surface area (TPSA) is 58.4 Å². The maximum Gasteiger partial charge on any atom is 0.171 e. The highest BCUT2D eigenvalue weighted by molar-refractivity contribution is 9.10. The van der Waals surface area contributed by atoms with Crippen LogP contribution in [0.5, 0.6) is 0 Å². The van der Waals surface area contributed by atoms with Gasteiger partial charge in [0.05, 0.1) is 16.4 Å². The molecule has 1 unspecified atom stereocenters. The number of fused-ring (bicyclic) bond motifs is 1. The van der Waals surface area contributed by atoms with Crippen molar-refractivity contribution in [3.8, 4) is 0 Å². The maximum absolute atomic E-state index is 5.00. The minimum atomic E-state index is 0.468. The van der Waals surface area contributed by atoms with Crippen LogP contribution in [-0.4, -0.2) is 44.1 Å². The molecule has 0 amide bonds. The van der Waals surface area contributed by atoms with Crippen LogP contribution >= 0.6 is 15.9 Å². The third-order valence-electron chi connectivity index (χ3n) is 6.15. The molecule has 1 aliphatic heterocycles. The van der Waals surface area contributed by atoms with Gasteiger partial charge in [-0.25, -0.2) is 4.98 Å². The second-order valence-electron chi connectivity index (χ2n) is 8.56. The van der Waals surface area contributed by atoms with Gasteiger partial charge in [0.25, 0.3) is 0 Å². The molecule has 1 N–H and O–H groups in total. The molecule has 1 saturated heterocycles. The van der Waals surface area contributed by atoms with Crippen molar-refractivity contribution < 1.29 is 0 Å². The fourth-order valence-corrected chi connectivity index (χ4v) is 4.77. The van der Waals surface area contributed by atoms with Gasteiger partial charge in [0, 0.05) is 37.5 Å². The van der Waals surface area contributed by atoms with Crippen molar-refractivity contribution in [2.45, 2.75) is 64.3 Å². The van der Waals surface area contributed by atoms with Crippen molar-refractivity contribution in [3.05, 3.63) is 52.5 Å². The summed E-state index contributed by atoms with van der Waals surface area (Å²) in [6.07, 6.45) is 14.7. The van der Waals surface area contributed by atoms with Gasteiger partial charge in [-0.1, -0.05) is 38.7 Å². The highest BCUT2D eigenvalue weighted by Crippen LogP contribution is 2.30. The van der Waals surface area contributed by atoms with Crippen molar-refractivity contribution in [1.29, 1.82) is 0 Å². The number of piperidine rings is 1. The van der Waals surface area contributed by atoms with Crippen LogP contribution in [0.3, 0.4) is 0 Å². The number of hydrogen-bond donors (Lipinski definition) is 1. The van der Waals surface area contributed by atoms with E-state index in [0.717, 1.165) is 33.7 Å². The SMILES string of the molecule is CCCCCCCN1CCCC(c2cc(NCc3cccnc3)n3ncc(Br)c3n2)C1. The van der Waals surface area contributed by atoms with E-state index < -0.39 is 0 Å². The van der Waals surface area contributed by atoms with Crippen LogP contribution in [0.1, 0.15) is 69.0 Å². The molecule has 1 aliphatic rings. The lowest BCUT2D eigenvalue weighted by molar-refractivity contribution is 0.202. The van der Waals surface area contributed by atoms with Gasteiger partial charge in [0.2, 0.25) is 0 Å². The highest BCUT2D eigenvalue weighted by atomic mass is 79.9. The van der Waals surface area contributed by atoms with Gasteiger partial charge >= 0.3 is 0 Å². The van der Waals surface area contributed by atoms with Crippen molar-refractivity contribution in [2.24, 2.45) is 0 Å². The summed E-state index contributed by atoms with van der Waals surface area (Å²) in [5.41, 5.74) is 3.19. The van der Waals surface area contributed by atoms with Crippen LogP contribution in [0, 0.1) is 0 Å². The van der Waals surface area contributed by atoms with Crippen LogP contribution in [0.2, 0.25) is 0 Å². The third-order valence-corrected chi connectivity index (χ3v) is 6.71. The molecule has 0 saturated carbocycles. The normalized spacial score (nSPS) is 17.3. The molecule has 0 spiro atoms. The molecule has 1 atom stereocenters. The molecule has 0 radical (unpaired) electrons. The van der Waals surface area contributed by atoms with Crippen LogP contribution in [0.15, 0.2) is 41.3 Å². The van der Waals surface area contributed by atoms with E-state index in [9.17, 15) is 0 Å². The van der Waals surface area contributed by atoms with E-state index in [0.29, 0.717) is 12.5 Å². The fraction of sp³-hybridized carbons (Fsp3) is 0.542. The zero-order valence-corrected chi connectivity index (χ0v) is 20.0. The Hall–Kier alpha value is -1.99. The van der Waals surface area contributed by atoms with Crippen molar-refractivity contribution in [1.82, 2.24) is 24.5 Å². The van der Waals surface area contributed by atoms with E-state index >= 15 is 0 Å². The van der Waals surface area contributed by atoms with E-state index in [1.54, 1.807) is 6.20 Å². The lowest BCUT2D eigenvalue weighted by Gasteiger charge is -2.32. The molecule has 3 aromatic heterocycles. The Balaban J connectivity index is 1.47. The first-order chi connectivity index (χ1) is 15.2. The average Bonchev–Trinajstić information content (AvgIpc) is 3.19. The van der Waals surface area contributed by atoms with Gasteiger partial charge in [0.1, 0.15) is 5.82 Å². The molecule has 166 valence electrons. The molecule has 0 bridgehead atoms. The summed E-state index contributed by atoms with van der Waals surface area (Å²) in [6, 6.07) is 6.24. The Kier molecular flexibility index (Phi) is 7.92. The minimum Gasteiger partial charge on any atom is -0.366 e. The van der Waals surface area contributed by atoms with Gasteiger partial charge < -0.3 is 10.2 Å². The standard InChI is InChI=1S/C24H33BrN6/c1-2-3-4-5-6-12-30-13-8-10-20(18-30)22-14-23(27-16-19-9-7-11-26-15-19)31-24(29-22)21(25)17-28-31/h7,9,11,14-15,17,20,27H,2-6,8,10,12-13,16,18H2,1H3. The quantitative estimate of drug-likeness (QED) is 0.376. The van der Waals surface area contributed by atoms with Crippen LogP contribution < -0.4 is 5.32 Å². The molecule has 31 heavy (non-hydrogen) atoms. The molecular weight excluding hydrogens is 452 g/mol. The fourth-order valence-electron chi connectivity index (χ4n) is 4.42. The van der Waals surface area contributed by atoms with Gasteiger partial charge in [-0.15, -0.1) is 0 Å². The summed E-state index contributed by atoms with van der Waals surface area (Å²) >= 11 is 3.63. The van der Waals surface area contributed by atoms with Gasteiger partial charge in [0.15, 0.2) is 5.65 Å². The summed E-state index contributed by atoms with van der Waals surface area (Å²) < 4.78 is 2.82. The molecule has 0 aromatic carbocycles. The largest absolute Gasteiger partial charge is 0.366 e. The van der Waals surface area contributed by atoms with E-state index in [4.69, 9.17) is 4.98 Å². The second kappa shape index (κ2) is 11.0. The summed E-state index contributed by atoms with van der Waals surface area (Å²) in [4.78, 5) is 11.9. The van der Waals surface area contributed by atoms with E-state index in [-0.39, 0.29) is 0 Å². The van der Waals surface area contributed by atoms with Crippen LogP contribution in [0.4, 0.5) is 5.82 Å². The molecule has 4 heterocycles. The van der Waals surface area contributed by atoms with Crippen LogP contribution in [0.25, 0.3) is 5.65 Å². The van der Waals surface area contributed by atoms with E-state index in [1.807, 2.05) is 23.0 Å². The first kappa shape index (κ1) is 22.2. The first-order valence-electron chi connectivity index (χ1n) is 11.6. The number of aromatic nitrogens is 4. The number of likely N-dealkylation sites (tertiary alicyclic amines) is 1. The minimum absolute atomic E-state index is 0.468. The monoisotopic (exact) mass is 484 g/mol. The van der Waals surface area contributed by atoms with E-state index in [1.165, 1.54) is 58.0 Å². The Morgan fingerprint density at radius 3 is 2.94 bits per heavy atom. The zero-order valence-electron chi connectivity index (χ0n) is 18.4. The maximum atomic E-state index is 5.00. The summed E-state index contributed by atoms with van der Waals surface area (Å²) in [7, 11) is 0. The van der Waals surface area contributed by atoms with E-state index in [2.05, 4.69) is 55.3 Å². The molecule has 1 fully saturated rings. The zero-order chi connectivity index (χ0) is 21.5. The number of pyridine rings is 1. The number of hydrogen-bond acceptors (Lipinski definition) is 5. The summed E-state index contributed by atoms with van der Waals surface area (Å²) in [5, 5.41) is 8.06. The van der Waals surface area contributed by atoms with Crippen molar-refractivity contribution >= 4 is 27.4 Å². The summed E-state index contributed by atoms with van der Waals surface area (Å²) in [5.74, 6) is 1.45. The molecular formula is C24H33BrN6. The molecule has 6 nitrogen and oxygen atoms in total. The predicted molar refractivity (Wildman–Crippen MR) is 129 cm³/mol. The van der Waals surface area contributed by atoms with Gasteiger partial charge in [-0.2, -0.15) is 9.61 Å².